The number of hydrogen-bond acceptors (Lipinski definition) is 3. The van der Waals surface area contributed by atoms with Crippen molar-refractivity contribution in [1.82, 2.24) is 14.8 Å². The van der Waals surface area contributed by atoms with Crippen molar-refractivity contribution in [3.05, 3.63) is 52.9 Å². The highest BCUT2D eigenvalue weighted by molar-refractivity contribution is 5.91. The Balaban J connectivity index is 1.82. The number of benzene rings is 1. The molecule has 1 saturated carbocycles. The summed E-state index contributed by atoms with van der Waals surface area (Å²) >= 11 is 0. The highest BCUT2D eigenvalue weighted by Crippen LogP contribution is 2.32. The molecule has 2 N–H and O–H groups in total. The number of pyridine rings is 1. The van der Waals surface area contributed by atoms with Crippen LogP contribution in [0.4, 0.5) is 11.5 Å². The summed E-state index contributed by atoms with van der Waals surface area (Å²) in [6.45, 7) is 0. The molecule has 1 fully saturated rings. The molecule has 0 atom stereocenters. The molecule has 1 aliphatic rings. The molecule has 0 bridgehead atoms. The zero-order chi connectivity index (χ0) is 15.6. The third kappa shape index (κ3) is 2.63. The number of aromatic amines is 1. The molecule has 1 aromatic carbocycles. The van der Waals surface area contributed by atoms with Crippen molar-refractivity contribution >= 4 is 22.4 Å². The zero-order valence-corrected chi connectivity index (χ0v) is 13.0. The van der Waals surface area contributed by atoms with Crippen molar-refractivity contribution in [3.8, 4) is 0 Å². The molecular weight excluding hydrogens is 288 g/mol. The van der Waals surface area contributed by atoms with E-state index in [1.165, 1.54) is 19.3 Å². The average Bonchev–Trinajstić information content (AvgIpc) is 2.96. The van der Waals surface area contributed by atoms with Crippen LogP contribution in [-0.4, -0.2) is 14.8 Å². The fourth-order valence-electron chi connectivity index (χ4n) is 3.45. The van der Waals surface area contributed by atoms with Gasteiger partial charge in [-0.3, -0.25) is 9.48 Å². The maximum atomic E-state index is 12.3. The van der Waals surface area contributed by atoms with Gasteiger partial charge >= 0.3 is 0 Å². The highest BCUT2D eigenvalue weighted by atomic mass is 16.1. The van der Waals surface area contributed by atoms with Gasteiger partial charge in [0.05, 0.1) is 11.6 Å². The van der Waals surface area contributed by atoms with Crippen molar-refractivity contribution in [2.75, 3.05) is 5.32 Å². The fraction of sp³-hybridized carbons (Fsp3) is 0.333. The first-order valence-corrected chi connectivity index (χ1v) is 8.25. The van der Waals surface area contributed by atoms with E-state index >= 15 is 0 Å². The number of para-hydroxylation sites is 1. The van der Waals surface area contributed by atoms with Crippen LogP contribution in [0.3, 0.4) is 0 Å². The average molecular weight is 308 g/mol. The second-order valence-electron chi connectivity index (χ2n) is 6.14. The number of fused-ring (bicyclic) bond motifs is 1. The zero-order valence-electron chi connectivity index (χ0n) is 13.0. The molecule has 23 heavy (non-hydrogen) atoms. The monoisotopic (exact) mass is 308 g/mol. The Kier molecular flexibility index (Phi) is 3.61. The van der Waals surface area contributed by atoms with Crippen LogP contribution >= 0.6 is 0 Å². The third-order valence-corrected chi connectivity index (χ3v) is 4.59. The highest BCUT2D eigenvalue weighted by Gasteiger charge is 2.21. The van der Waals surface area contributed by atoms with E-state index in [4.69, 9.17) is 5.10 Å². The Morgan fingerprint density at radius 3 is 2.65 bits per heavy atom. The summed E-state index contributed by atoms with van der Waals surface area (Å²) in [5.41, 5.74) is 1.76. The van der Waals surface area contributed by atoms with Crippen LogP contribution in [0.5, 0.6) is 0 Å². The molecular formula is C18H20N4O. The minimum absolute atomic E-state index is 0.0945. The van der Waals surface area contributed by atoms with E-state index in [1.54, 1.807) is 6.20 Å². The van der Waals surface area contributed by atoms with Crippen molar-refractivity contribution in [3.63, 3.8) is 0 Å². The van der Waals surface area contributed by atoms with E-state index in [0.29, 0.717) is 17.2 Å². The van der Waals surface area contributed by atoms with Crippen LogP contribution in [0.2, 0.25) is 0 Å². The molecule has 5 heteroatoms. The lowest BCUT2D eigenvalue weighted by molar-refractivity contribution is 0.338. The van der Waals surface area contributed by atoms with Crippen molar-refractivity contribution in [1.29, 1.82) is 0 Å². The molecule has 0 aliphatic heterocycles. The lowest BCUT2D eigenvalue weighted by atomic mass is 9.95. The summed E-state index contributed by atoms with van der Waals surface area (Å²) in [4.78, 5) is 15.1. The number of nitrogens with zero attached hydrogens (tertiary/aromatic N) is 2. The molecule has 4 rings (SSSR count). The lowest BCUT2D eigenvalue weighted by Gasteiger charge is -2.22. The molecule has 0 spiro atoms. The SMILES string of the molecule is O=c1[nH]ccc2c1c(Nc1ccccc1)nn2C1CCCCC1. The molecule has 1 aliphatic carbocycles. The largest absolute Gasteiger partial charge is 0.338 e. The molecule has 2 aromatic heterocycles. The van der Waals surface area contributed by atoms with Crippen LogP contribution in [0.25, 0.3) is 10.9 Å². The van der Waals surface area contributed by atoms with Gasteiger partial charge in [-0.15, -0.1) is 0 Å². The van der Waals surface area contributed by atoms with Gasteiger partial charge in [-0.25, -0.2) is 0 Å². The molecule has 0 amide bonds. The van der Waals surface area contributed by atoms with Crippen LogP contribution in [0.15, 0.2) is 47.4 Å². The summed E-state index contributed by atoms with van der Waals surface area (Å²) < 4.78 is 2.05. The normalized spacial score (nSPS) is 15.8. The van der Waals surface area contributed by atoms with Crippen LogP contribution in [0, 0.1) is 0 Å². The van der Waals surface area contributed by atoms with Gasteiger partial charge < -0.3 is 10.3 Å². The maximum Gasteiger partial charge on any atom is 0.261 e. The first kappa shape index (κ1) is 14.1. The Hall–Kier alpha value is -2.56. The van der Waals surface area contributed by atoms with Gasteiger partial charge in [0, 0.05) is 11.9 Å². The fourth-order valence-corrected chi connectivity index (χ4v) is 3.45. The molecule has 0 unspecified atom stereocenters. The van der Waals surface area contributed by atoms with Crippen molar-refractivity contribution < 1.29 is 0 Å². The predicted molar refractivity (Wildman–Crippen MR) is 92.2 cm³/mol. The predicted octanol–water partition coefficient (Wildman–Crippen LogP) is 3.97. The summed E-state index contributed by atoms with van der Waals surface area (Å²) in [6, 6.07) is 12.2. The molecule has 3 aromatic rings. The molecule has 5 nitrogen and oxygen atoms in total. The number of nitrogens with one attached hydrogen (secondary N) is 2. The maximum absolute atomic E-state index is 12.3. The molecule has 0 radical (unpaired) electrons. The van der Waals surface area contributed by atoms with Crippen LogP contribution < -0.4 is 10.9 Å². The minimum atomic E-state index is -0.0945. The van der Waals surface area contributed by atoms with E-state index < -0.39 is 0 Å². The van der Waals surface area contributed by atoms with Gasteiger partial charge in [0.15, 0.2) is 5.82 Å². The molecule has 0 saturated heterocycles. The quantitative estimate of drug-likeness (QED) is 0.769. The van der Waals surface area contributed by atoms with Gasteiger partial charge in [-0.05, 0) is 31.0 Å². The third-order valence-electron chi connectivity index (χ3n) is 4.59. The van der Waals surface area contributed by atoms with E-state index in [1.807, 2.05) is 36.4 Å². The molecule has 2 heterocycles. The summed E-state index contributed by atoms with van der Waals surface area (Å²) in [5.74, 6) is 0.638. The Morgan fingerprint density at radius 1 is 1.09 bits per heavy atom. The number of rotatable bonds is 3. The summed E-state index contributed by atoms with van der Waals surface area (Å²) in [5, 5.41) is 8.69. The van der Waals surface area contributed by atoms with E-state index in [0.717, 1.165) is 24.0 Å². The Bertz CT molecular complexity index is 860. The number of anilines is 2. The molecule has 118 valence electrons. The van der Waals surface area contributed by atoms with Gasteiger partial charge in [0.25, 0.3) is 5.56 Å². The van der Waals surface area contributed by atoms with Gasteiger partial charge in [-0.2, -0.15) is 5.10 Å². The van der Waals surface area contributed by atoms with Crippen molar-refractivity contribution in [2.24, 2.45) is 0 Å². The van der Waals surface area contributed by atoms with Gasteiger partial charge in [0.2, 0.25) is 0 Å². The number of aromatic nitrogens is 3. The smallest absolute Gasteiger partial charge is 0.261 e. The standard InChI is InChI=1S/C18H20N4O/c23-18-16-15(11-12-19-18)22(14-9-5-2-6-10-14)21-17(16)20-13-7-3-1-4-8-13/h1,3-4,7-8,11-12,14H,2,5-6,9-10H2,(H,19,23)(H,20,21). The van der Waals surface area contributed by atoms with Crippen molar-refractivity contribution in [2.45, 2.75) is 38.1 Å². The van der Waals surface area contributed by atoms with Gasteiger partial charge in [-0.1, -0.05) is 37.5 Å². The topological polar surface area (TPSA) is 62.7 Å². The van der Waals surface area contributed by atoms with Gasteiger partial charge in [0.1, 0.15) is 5.39 Å². The second kappa shape index (κ2) is 5.91. The number of hydrogen-bond donors (Lipinski definition) is 2. The first-order valence-electron chi connectivity index (χ1n) is 8.25. The summed E-state index contributed by atoms with van der Waals surface area (Å²) in [6.07, 6.45) is 7.74. The minimum Gasteiger partial charge on any atom is -0.338 e. The van der Waals surface area contributed by atoms with E-state index in [-0.39, 0.29) is 5.56 Å². The Morgan fingerprint density at radius 2 is 1.87 bits per heavy atom. The van der Waals surface area contributed by atoms with Crippen LogP contribution in [0.1, 0.15) is 38.1 Å². The van der Waals surface area contributed by atoms with E-state index in [9.17, 15) is 4.79 Å². The second-order valence-corrected chi connectivity index (χ2v) is 6.14. The number of H-pyrrole nitrogens is 1. The Labute approximate surface area is 134 Å². The lowest BCUT2D eigenvalue weighted by Crippen LogP contribution is -2.14. The summed E-state index contributed by atoms with van der Waals surface area (Å²) in [7, 11) is 0. The first-order chi connectivity index (χ1) is 11.3. The van der Waals surface area contributed by atoms with Crippen LogP contribution in [-0.2, 0) is 0 Å². The van der Waals surface area contributed by atoms with E-state index in [2.05, 4.69) is 15.0 Å².